The van der Waals surface area contributed by atoms with Crippen molar-refractivity contribution in [3.8, 4) is 0 Å². The molecule has 1 aliphatic heterocycles. The first kappa shape index (κ1) is 27.4. The highest BCUT2D eigenvalue weighted by atomic mass is 16.5. The molecule has 177 valence electrons. The SMILES string of the molecule is CC1(C)CC(CCCCCCCCCCCCCCCCCC(=O)O)C(C)(C)N1[O]. The molecule has 1 aliphatic rings. The molecule has 0 aromatic rings. The molecule has 1 radical (unpaired) electrons. The second-order valence-electron chi connectivity index (χ2n) is 10.9. The van der Waals surface area contributed by atoms with Crippen molar-refractivity contribution in [1.29, 1.82) is 0 Å². The first-order valence-corrected chi connectivity index (χ1v) is 12.9. The second-order valence-corrected chi connectivity index (χ2v) is 10.9. The van der Waals surface area contributed by atoms with Gasteiger partial charge in [-0.15, -0.1) is 10.3 Å². The third-order valence-electron chi connectivity index (χ3n) is 7.26. The van der Waals surface area contributed by atoms with Crippen molar-refractivity contribution in [3.63, 3.8) is 0 Å². The number of rotatable bonds is 18. The maximum absolute atomic E-state index is 12.5. The number of unbranched alkanes of at least 4 members (excludes halogenated alkanes) is 14. The van der Waals surface area contributed by atoms with Crippen LogP contribution in [0.15, 0.2) is 0 Å². The number of nitrogens with zero attached hydrogens (tertiary/aromatic N) is 1. The summed E-state index contributed by atoms with van der Waals surface area (Å²) < 4.78 is 0. The molecule has 0 spiro atoms. The Bertz CT molecular complexity index is 461. The van der Waals surface area contributed by atoms with Crippen molar-refractivity contribution in [2.75, 3.05) is 0 Å². The van der Waals surface area contributed by atoms with Gasteiger partial charge in [0.2, 0.25) is 0 Å². The summed E-state index contributed by atoms with van der Waals surface area (Å²) in [6, 6.07) is 0. The van der Waals surface area contributed by atoms with E-state index >= 15 is 0 Å². The Balaban J connectivity index is 1.84. The van der Waals surface area contributed by atoms with E-state index in [9.17, 15) is 10.0 Å². The van der Waals surface area contributed by atoms with E-state index in [-0.39, 0.29) is 11.1 Å². The molecule has 1 unspecified atom stereocenters. The van der Waals surface area contributed by atoms with Crippen molar-refractivity contribution in [2.45, 2.75) is 154 Å². The first-order chi connectivity index (χ1) is 14.2. The fourth-order valence-corrected chi connectivity index (χ4v) is 5.30. The lowest BCUT2D eigenvalue weighted by Crippen LogP contribution is -2.46. The van der Waals surface area contributed by atoms with Crippen LogP contribution in [0.2, 0.25) is 0 Å². The third-order valence-corrected chi connectivity index (χ3v) is 7.26. The Hall–Kier alpha value is -0.610. The summed E-state index contributed by atoms with van der Waals surface area (Å²) in [6.45, 7) is 8.43. The van der Waals surface area contributed by atoms with E-state index in [4.69, 9.17) is 5.11 Å². The van der Waals surface area contributed by atoms with E-state index in [1.54, 1.807) is 0 Å². The topological polar surface area (TPSA) is 60.4 Å². The maximum Gasteiger partial charge on any atom is 0.303 e. The molecule has 0 aliphatic carbocycles. The van der Waals surface area contributed by atoms with Crippen molar-refractivity contribution in [1.82, 2.24) is 5.06 Å². The normalized spacial score (nSPS) is 20.6. The molecule has 1 fully saturated rings. The number of hydrogen-bond acceptors (Lipinski definition) is 2. The second kappa shape index (κ2) is 14.5. The van der Waals surface area contributed by atoms with E-state index in [0.29, 0.717) is 12.3 Å². The van der Waals surface area contributed by atoms with Crippen LogP contribution < -0.4 is 0 Å². The van der Waals surface area contributed by atoms with Crippen LogP contribution in [-0.4, -0.2) is 27.2 Å². The van der Waals surface area contributed by atoms with Crippen molar-refractivity contribution in [3.05, 3.63) is 0 Å². The van der Waals surface area contributed by atoms with E-state index in [1.165, 1.54) is 95.0 Å². The number of carbonyl (C=O) groups is 1. The number of hydrogen-bond donors (Lipinski definition) is 1. The van der Waals surface area contributed by atoms with E-state index in [2.05, 4.69) is 27.7 Å². The Morgan fingerprint density at radius 3 is 1.43 bits per heavy atom. The van der Waals surface area contributed by atoms with Gasteiger partial charge in [0.05, 0.1) is 0 Å². The molecule has 0 bridgehead atoms. The Morgan fingerprint density at radius 2 is 1.10 bits per heavy atom. The smallest absolute Gasteiger partial charge is 0.303 e. The lowest BCUT2D eigenvalue weighted by atomic mass is 9.83. The van der Waals surface area contributed by atoms with Gasteiger partial charge >= 0.3 is 5.97 Å². The molecule has 1 heterocycles. The third kappa shape index (κ3) is 10.6. The van der Waals surface area contributed by atoms with Crippen LogP contribution in [0, 0.1) is 5.92 Å². The summed E-state index contributed by atoms with van der Waals surface area (Å²) in [7, 11) is 0. The summed E-state index contributed by atoms with van der Waals surface area (Å²) in [6.07, 6.45) is 21.8. The van der Waals surface area contributed by atoms with Crippen LogP contribution in [0.5, 0.6) is 0 Å². The first-order valence-electron chi connectivity index (χ1n) is 12.9. The van der Waals surface area contributed by atoms with Gasteiger partial charge in [0, 0.05) is 17.5 Å². The van der Waals surface area contributed by atoms with E-state index in [0.717, 1.165) is 19.3 Å². The van der Waals surface area contributed by atoms with Crippen molar-refractivity contribution < 1.29 is 15.1 Å². The molecule has 30 heavy (non-hydrogen) atoms. The van der Waals surface area contributed by atoms with Crippen LogP contribution in [-0.2, 0) is 10.0 Å². The van der Waals surface area contributed by atoms with Crippen LogP contribution in [0.1, 0.15) is 143 Å². The Kier molecular flexibility index (Phi) is 13.2. The number of carboxylic acid groups (broad SMARTS) is 1. The molecule has 4 nitrogen and oxygen atoms in total. The summed E-state index contributed by atoms with van der Waals surface area (Å²) in [5, 5.41) is 22.4. The van der Waals surface area contributed by atoms with Crippen molar-refractivity contribution in [2.24, 2.45) is 5.92 Å². The monoisotopic (exact) mass is 424 g/mol. The zero-order chi connectivity index (χ0) is 22.5. The van der Waals surface area contributed by atoms with Gasteiger partial charge in [0.25, 0.3) is 0 Å². The minimum atomic E-state index is -0.663. The predicted molar refractivity (Wildman–Crippen MR) is 125 cm³/mol. The number of hydroxylamine groups is 2. The fraction of sp³-hybridized carbons (Fsp3) is 0.962. The zero-order valence-electron chi connectivity index (χ0n) is 20.5. The molecular formula is C26H50NO3. The summed E-state index contributed by atoms with van der Waals surface area (Å²) in [5.41, 5.74) is -0.403. The molecule has 0 saturated carbocycles. The van der Waals surface area contributed by atoms with Crippen LogP contribution in [0.25, 0.3) is 0 Å². The van der Waals surface area contributed by atoms with Gasteiger partial charge in [0.15, 0.2) is 0 Å². The summed E-state index contributed by atoms with van der Waals surface area (Å²) >= 11 is 0. The molecule has 0 aromatic carbocycles. The summed E-state index contributed by atoms with van der Waals surface area (Å²) in [4.78, 5) is 10.4. The molecule has 0 amide bonds. The maximum atomic E-state index is 12.5. The molecule has 1 saturated heterocycles. The average Bonchev–Trinajstić information content (AvgIpc) is 2.83. The fourth-order valence-electron chi connectivity index (χ4n) is 5.30. The van der Waals surface area contributed by atoms with Crippen molar-refractivity contribution >= 4 is 5.97 Å². The molecule has 0 aromatic heterocycles. The van der Waals surface area contributed by atoms with E-state index < -0.39 is 5.97 Å². The lowest BCUT2D eigenvalue weighted by Gasteiger charge is -2.33. The van der Waals surface area contributed by atoms with Gasteiger partial charge in [0.1, 0.15) is 0 Å². The van der Waals surface area contributed by atoms with Gasteiger partial charge in [-0.05, 0) is 52.9 Å². The highest BCUT2D eigenvalue weighted by Crippen LogP contribution is 2.45. The van der Waals surface area contributed by atoms with Gasteiger partial charge in [-0.1, -0.05) is 89.9 Å². The standard InChI is InChI=1S/C26H50NO3/c1-25(2)22-23(26(3,4)27(25)30)20-18-16-14-12-10-8-6-5-7-9-11-13-15-17-19-21-24(28)29/h23H,5-22H2,1-4H3,(H,28,29). The quantitative estimate of drug-likeness (QED) is 0.227. The molecule has 1 N–H and O–H groups in total. The molecule has 1 rings (SSSR count). The Morgan fingerprint density at radius 1 is 0.733 bits per heavy atom. The van der Waals surface area contributed by atoms with Crippen LogP contribution >= 0.6 is 0 Å². The largest absolute Gasteiger partial charge is 0.481 e. The van der Waals surface area contributed by atoms with Gasteiger partial charge in [-0.25, -0.2) is 0 Å². The molecule has 4 heteroatoms. The van der Waals surface area contributed by atoms with Gasteiger partial charge in [-0.3, -0.25) is 4.79 Å². The predicted octanol–water partition coefficient (Wildman–Crippen LogP) is 7.93. The molecular weight excluding hydrogens is 374 g/mol. The minimum absolute atomic E-state index is 0.198. The van der Waals surface area contributed by atoms with Gasteiger partial charge in [-0.2, -0.15) is 0 Å². The van der Waals surface area contributed by atoms with Crippen LogP contribution in [0.4, 0.5) is 0 Å². The zero-order valence-corrected chi connectivity index (χ0v) is 20.5. The van der Waals surface area contributed by atoms with Crippen LogP contribution in [0.3, 0.4) is 0 Å². The number of aliphatic carboxylic acids is 1. The van der Waals surface area contributed by atoms with E-state index in [1.807, 2.05) is 0 Å². The number of carboxylic acids is 1. The Labute approximate surface area is 186 Å². The molecule has 1 atom stereocenters. The average molecular weight is 425 g/mol. The lowest BCUT2D eigenvalue weighted by molar-refractivity contribution is -0.248. The summed E-state index contributed by atoms with van der Waals surface area (Å²) in [5.74, 6) is -0.126. The minimum Gasteiger partial charge on any atom is -0.481 e. The highest BCUT2D eigenvalue weighted by molar-refractivity contribution is 5.66. The van der Waals surface area contributed by atoms with Gasteiger partial charge < -0.3 is 5.11 Å². The highest BCUT2D eigenvalue weighted by Gasteiger charge is 2.51.